The summed E-state index contributed by atoms with van der Waals surface area (Å²) in [6.07, 6.45) is -7.96. The lowest BCUT2D eigenvalue weighted by atomic mass is 9.83. The third kappa shape index (κ3) is 7.54. The van der Waals surface area contributed by atoms with E-state index in [2.05, 4.69) is 4.90 Å². The first-order valence-corrected chi connectivity index (χ1v) is 13.3. The lowest BCUT2D eigenvalue weighted by Gasteiger charge is -2.47. The van der Waals surface area contributed by atoms with Crippen LogP contribution in [-0.2, 0) is 17.1 Å². The van der Waals surface area contributed by atoms with Gasteiger partial charge in [-0.3, -0.25) is 14.5 Å². The molecular weight excluding hydrogens is 572 g/mol. The molecule has 41 heavy (non-hydrogen) atoms. The number of piperidine rings is 2. The normalized spacial score (nSPS) is 20.9. The molecule has 2 aromatic rings. The van der Waals surface area contributed by atoms with Gasteiger partial charge >= 0.3 is 12.4 Å². The second-order valence-corrected chi connectivity index (χ2v) is 10.8. The molecule has 2 atom stereocenters. The van der Waals surface area contributed by atoms with Gasteiger partial charge in [0.1, 0.15) is 0 Å². The van der Waals surface area contributed by atoms with Gasteiger partial charge in [0.15, 0.2) is 0 Å². The van der Waals surface area contributed by atoms with Crippen LogP contribution in [0.4, 0.5) is 26.3 Å². The Kier molecular flexibility index (Phi) is 10.1. The third-order valence-electron chi connectivity index (χ3n) is 8.19. The zero-order valence-electron chi connectivity index (χ0n) is 23.1. The Morgan fingerprint density at radius 1 is 0.854 bits per heavy atom. The van der Waals surface area contributed by atoms with Crippen LogP contribution in [0, 0.1) is 6.92 Å². The van der Waals surface area contributed by atoms with Crippen molar-refractivity contribution in [3.05, 3.63) is 70.3 Å². The molecule has 0 radical (unpaired) electrons. The van der Waals surface area contributed by atoms with Crippen LogP contribution in [0.15, 0.2) is 42.5 Å². The van der Waals surface area contributed by atoms with Gasteiger partial charge in [0.05, 0.1) is 11.1 Å². The lowest BCUT2D eigenvalue weighted by Crippen LogP contribution is -2.55. The van der Waals surface area contributed by atoms with Crippen molar-refractivity contribution in [3.8, 4) is 0 Å². The van der Waals surface area contributed by atoms with Crippen LogP contribution < -0.4 is 0 Å². The fraction of sp³-hybridized carbons (Fsp3) is 0.517. The number of alkyl halides is 6. The summed E-state index contributed by atoms with van der Waals surface area (Å²) in [6, 6.07) is 8.62. The molecule has 2 saturated heterocycles. The second-order valence-electron chi connectivity index (χ2n) is 10.8. The Labute approximate surface area is 241 Å². The molecule has 2 aromatic carbocycles. The first kappa shape index (κ1) is 32.7. The van der Waals surface area contributed by atoms with Gasteiger partial charge in [0.25, 0.3) is 5.91 Å². The first-order chi connectivity index (χ1) is 18.6. The molecule has 4 rings (SSSR count). The maximum atomic E-state index is 13.5. The van der Waals surface area contributed by atoms with E-state index in [1.807, 2.05) is 36.1 Å². The van der Waals surface area contributed by atoms with E-state index in [0.717, 1.165) is 24.0 Å². The minimum Gasteiger partial charge on any atom is -0.343 e. The number of rotatable bonds is 4. The number of halogens is 7. The first-order valence-electron chi connectivity index (χ1n) is 13.3. The highest BCUT2D eigenvalue weighted by molar-refractivity contribution is 5.95. The molecule has 2 heterocycles. The molecule has 12 heteroatoms. The quantitative estimate of drug-likeness (QED) is 0.379. The topological polar surface area (TPSA) is 43.9 Å². The number of amides is 2. The van der Waals surface area contributed by atoms with Gasteiger partial charge in [-0.15, -0.1) is 12.4 Å². The molecule has 2 amide bonds. The molecule has 0 spiro atoms. The average Bonchev–Trinajstić information content (AvgIpc) is 2.91. The van der Waals surface area contributed by atoms with Gasteiger partial charge in [0, 0.05) is 63.7 Å². The summed E-state index contributed by atoms with van der Waals surface area (Å²) in [5.74, 6) is -1.05. The minimum absolute atomic E-state index is 0. The standard InChI is InChI=1S/C29H33F6N3O2.ClH/c1-18-4-6-20(7-5-18)25-17-38(24-8-11-37(12-9-24)19(2)39)13-10-26(25)36(3)27(40)21-14-22(28(30,31)32)16-23(15-21)29(33,34)35;/h4-7,14-16,24-26H,8-13,17H2,1-3H3;1H/t25-,26+;/m0./s1. The maximum absolute atomic E-state index is 13.5. The molecule has 5 nitrogen and oxygen atoms in total. The van der Waals surface area contributed by atoms with Gasteiger partial charge in [-0.05, 0) is 49.9 Å². The lowest BCUT2D eigenvalue weighted by molar-refractivity contribution is -0.143. The predicted molar refractivity (Wildman–Crippen MR) is 145 cm³/mol. The number of hydrogen-bond donors (Lipinski definition) is 0. The molecule has 0 unspecified atom stereocenters. The Bertz CT molecular complexity index is 1190. The summed E-state index contributed by atoms with van der Waals surface area (Å²) >= 11 is 0. The van der Waals surface area contributed by atoms with Crippen LogP contribution >= 0.6 is 12.4 Å². The SMILES string of the molecule is CC(=O)N1CCC(N2CC[C@@H](N(C)C(=O)c3cc(C(F)(F)F)cc(C(F)(F)F)c3)[C@H](c3ccc(C)cc3)C2)CC1.Cl. The van der Waals surface area contributed by atoms with E-state index in [1.54, 1.807) is 6.92 Å². The van der Waals surface area contributed by atoms with Crippen LogP contribution in [0.2, 0.25) is 0 Å². The molecular formula is C29H34ClF6N3O2. The summed E-state index contributed by atoms with van der Waals surface area (Å²) in [4.78, 5) is 30.7. The molecule has 0 bridgehead atoms. The van der Waals surface area contributed by atoms with Crippen molar-refractivity contribution >= 4 is 24.2 Å². The minimum atomic E-state index is -5.04. The summed E-state index contributed by atoms with van der Waals surface area (Å²) in [5, 5.41) is 0. The van der Waals surface area contributed by atoms with Gasteiger partial charge in [-0.1, -0.05) is 29.8 Å². The molecule has 0 aliphatic carbocycles. The van der Waals surface area contributed by atoms with Crippen molar-refractivity contribution in [2.75, 3.05) is 33.2 Å². The number of likely N-dealkylation sites (N-methyl/N-ethyl adjacent to an activating group) is 1. The summed E-state index contributed by atoms with van der Waals surface area (Å²) in [7, 11) is 1.45. The van der Waals surface area contributed by atoms with E-state index in [-0.39, 0.29) is 36.3 Å². The van der Waals surface area contributed by atoms with Gasteiger partial charge < -0.3 is 9.80 Å². The number of likely N-dealkylation sites (tertiary alicyclic amines) is 2. The van der Waals surface area contributed by atoms with Crippen LogP contribution in [0.5, 0.6) is 0 Å². The Hall–Kier alpha value is -2.79. The second kappa shape index (κ2) is 12.6. The summed E-state index contributed by atoms with van der Waals surface area (Å²) in [5.41, 5.74) is -1.69. The molecule has 0 aromatic heterocycles. The van der Waals surface area contributed by atoms with E-state index in [9.17, 15) is 35.9 Å². The van der Waals surface area contributed by atoms with Crippen LogP contribution in [0.1, 0.15) is 64.7 Å². The largest absolute Gasteiger partial charge is 0.416 e. The van der Waals surface area contributed by atoms with Crippen molar-refractivity contribution in [3.63, 3.8) is 0 Å². The van der Waals surface area contributed by atoms with Crippen molar-refractivity contribution in [2.24, 2.45) is 0 Å². The van der Waals surface area contributed by atoms with Crippen molar-refractivity contribution in [1.29, 1.82) is 0 Å². The van der Waals surface area contributed by atoms with E-state index in [1.165, 1.54) is 11.9 Å². The predicted octanol–water partition coefficient (Wildman–Crippen LogP) is 6.40. The Morgan fingerprint density at radius 2 is 1.39 bits per heavy atom. The number of benzene rings is 2. The van der Waals surface area contributed by atoms with Crippen molar-refractivity contribution in [2.45, 2.75) is 63.5 Å². The van der Waals surface area contributed by atoms with Crippen LogP contribution in [-0.4, -0.2) is 71.8 Å². The number of nitrogens with zero attached hydrogens (tertiary/aromatic N) is 3. The molecule has 2 aliphatic rings. The van der Waals surface area contributed by atoms with Gasteiger partial charge in [0.2, 0.25) is 5.91 Å². The Morgan fingerprint density at radius 3 is 1.88 bits per heavy atom. The fourth-order valence-electron chi connectivity index (χ4n) is 5.88. The van der Waals surface area contributed by atoms with Crippen LogP contribution in [0.25, 0.3) is 0 Å². The van der Waals surface area contributed by atoms with E-state index >= 15 is 0 Å². The molecule has 2 aliphatic heterocycles. The van der Waals surface area contributed by atoms with E-state index in [0.29, 0.717) is 44.7 Å². The van der Waals surface area contributed by atoms with E-state index < -0.39 is 41.0 Å². The average molecular weight is 606 g/mol. The number of hydrogen-bond acceptors (Lipinski definition) is 3. The Balaban J connectivity index is 0.00000462. The fourth-order valence-corrected chi connectivity index (χ4v) is 5.88. The summed E-state index contributed by atoms with van der Waals surface area (Å²) < 4.78 is 80.6. The summed E-state index contributed by atoms with van der Waals surface area (Å²) in [6.45, 7) is 6.00. The smallest absolute Gasteiger partial charge is 0.343 e. The zero-order valence-corrected chi connectivity index (χ0v) is 23.9. The van der Waals surface area contributed by atoms with E-state index in [4.69, 9.17) is 0 Å². The number of carbonyl (C=O) groups excluding carboxylic acids is 2. The van der Waals surface area contributed by atoms with Crippen molar-refractivity contribution < 1.29 is 35.9 Å². The molecule has 0 saturated carbocycles. The highest BCUT2D eigenvalue weighted by Gasteiger charge is 2.41. The van der Waals surface area contributed by atoms with Crippen molar-refractivity contribution in [1.82, 2.24) is 14.7 Å². The van der Waals surface area contributed by atoms with Gasteiger partial charge in [-0.2, -0.15) is 26.3 Å². The monoisotopic (exact) mass is 605 g/mol. The number of carbonyl (C=O) groups is 2. The molecule has 226 valence electrons. The highest BCUT2D eigenvalue weighted by atomic mass is 35.5. The molecule has 0 N–H and O–H groups in total. The highest BCUT2D eigenvalue weighted by Crippen LogP contribution is 2.38. The van der Waals surface area contributed by atoms with Gasteiger partial charge in [-0.25, -0.2) is 0 Å². The zero-order chi connectivity index (χ0) is 29.4. The maximum Gasteiger partial charge on any atom is 0.416 e. The molecule has 2 fully saturated rings. The van der Waals surface area contributed by atoms with Crippen LogP contribution in [0.3, 0.4) is 0 Å². The third-order valence-corrected chi connectivity index (χ3v) is 8.19. The number of aryl methyl sites for hydroxylation is 1.